The van der Waals surface area contributed by atoms with E-state index in [1.165, 1.54) is 12.8 Å². The zero-order valence-corrected chi connectivity index (χ0v) is 13.1. The normalized spacial score (nSPS) is 19.1. The predicted molar refractivity (Wildman–Crippen MR) is 82.6 cm³/mol. The van der Waals surface area contributed by atoms with Crippen molar-refractivity contribution >= 4 is 21.8 Å². The molecule has 1 unspecified atom stereocenters. The second-order valence-electron chi connectivity index (χ2n) is 5.48. The number of alkyl halides is 1. The van der Waals surface area contributed by atoms with Crippen molar-refractivity contribution in [2.45, 2.75) is 50.5 Å². The number of benzene rings is 1. The second-order valence-corrected chi connectivity index (χ2v) is 6.04. The highest BCUT2D eigenvalue weighted by Gasteiger charge is 2.35. The Morgan fingerprint density at radius 3 is 2.47 bits per heavy atom. The lowest BCUT2D eigenvalue weighted by Crippen LogP contribution is -2.49. The lowest BCUT2D eigenvalue weighted by molar-refractivity contribution is -0.124. The topological polar surface area (TPSA) is 29.1 Å². The fraction of sp³-hybridized carbons (Fsp3) is 0.562. The maximum absolute atomic E-state index is 12.6. The van der Waals surface area contributed by atoms with Gasteiger partial charge < -0.3 is 5.32 Å². The van der Waals surface area contributed by atoms with Gasteiger partial charge in [-0.1, -0.05) is 66.0 Å². The summed E-state index contributed by atoms with van der Waals surface area (Å²) >= 11 is 3.57. The molecule has 1 aromatic carbocycles. The van der Waals surface area contributed by atoms with Crippen molar-refractivity contribution < 1.29 is 4.79 Å². The van der Waals surface area contributed by atoms with E-state index >= 15 is 0 Å². The van der Waals surface area contributed by atoms with E-state index < -0.39 is 0 Å². The molecule has 2 nitrogen and oxygen atoms in total. The summed E-state index contributed by atoms with van der Waals surface area (Å²) in [4.78, 5) is 12.6. The van der Waals surface area contributed by atoms with Crippen LogP contribution in [0.15, 0.2) is 30.3 Å². The first-order chi connectivity index (χ1) is 9.21. The largest absolute Gasteiger partial charge is 0.349 e. The van der Waals surface area contributed by atoms with Crippen LogP contribution in [-0.4, -0.2) is 16.8 Å². The standard InChI is InChI=1S/C16H22BrNO/c1-2-14(13-8-4-3-5-9-13)15(19)18-16(12-17)10-6-7-11-16/h3-5,8-9,14H,2,6-7,10-12H2,1H3,(H,18,19). The zero-order chi connectivity index (χ0) is 13.7. The van der Waals surface area contributed by atoms with Crippen molar-refractivity contribution in [3.05, 3.63) is 35.9 Å². The lowest BCUT2D eigenvalue weighted by Gasteiger charge is -2.30. The molecule has 1 amide bonds. The molecule has 1 N–H and O–H groups in total. The Labute approximate surface area is 124 Å². The molecule has 1 aliphatic rings. The molecule has 0 heterocycles. The Bertz CT molecular complexity index is 412. The molecule has 3 heteroatoms. The molecule has 0 bridgehead atoms. The smallest absolute Gasteiger partial charge is 0.227 e. The number of hydrogen-bond acceptors (Lipinski definition) is 1. The Hall–Kier alpha value is -0.830. The van der Waals surface area contributed by atoms with Crippen LogP contribution >= 0.6 is 15.9 Å². The van der Waals surface area contributed by atoms with E-state index in [0.717, 1.165) is 30.2 Å². The monoisotopic (exact) mass is 323 g/mol. The van der Waals surface area contributed by atoms with Crippen LogP contribution < -0.4 is 5.32 Å². The quantitative estimate of drug-likeness (QED) is 0.815. The van der Waals surface area contributed by atoms with Crippen LogP contribution in [0.25, 0.3) is 0 Å². The van der Waals surface area contributed by atoms with Crippen LogP contribution in [0.5, 0.6) is 0 Å². The molecule has 0 radical (unpaired) electrons. The van der Waals surface area contributed by atoms with E-state index in [9.17, 15) is 4.79 Å². The Morgan fingerprint density at radius 2 is 1.95 bits per heavy atom. The second kappa shape index (κ2) is 6.56. The summed E-state index contributed by atoms with van der Waals surface area (Å²) in [5.74, 6) is 0.146. The Kier molecular flexibility index (Phi) is 5.03. The summed E-state index contributed by atoms with van der Waals surface area (Å²) < 4.78 is 0. The van der Waals surface area contributed by atoms with Gasteiger partial charge in [0.15, 0.2) is 0 Å². The summed E-state index contributed by atoms with van der Waals surface area (Å²) in [7, 11) is 0. The number of amides is 1. The van der Waals surface area contributed by atoms with E-state index in [2.05, 4.69) is 28.2 Å². The van der Waals surface area contributed by atoms with Gasteiger partial charge in [0.25, 0.3) is 0 Å². The van der Waals surface area contributed by atoms with Crippen molar-refractivity contribution in [1.82, 2.24) is 5.32 Å². The summed E-state index contributed by atoms with van der Waals surface area (Å²) in [5.41, 5.74) is 1.10. The molecule has 1 atom stereocenters. The van der Waals surface area contributed by atoms with Gasteiger partial charge in [-0.25, -0.2) is 0 Å². The first-order valence-electron chi connectivity index (χ1n) is 7.14. The van der Waals surface area contributed by atoms with Crippen LogP contribution in [0.4, 0.5) is 0 Å². The molecule has 1 aromatic rings. The fourth-order valence-corrected chi connectivity index (χ4v) is 3.65. The van der Waals surface area contributed by atoms with Gasteiger partial charge in [0.1, 0.15) is 0 Å². The molecule has 0 aromatic heterocycles. The molecule has 104 valence electrons. The maximum atomic E-state index is 12.6. The van der Waals surface area contributed by atoms with E-state index in [1.807, 2.05) is 30.3 Å². The molecule has 0 spiro atoms. The average molecular weight is 324 g/mol. The first kappa shape index (κ1) is 14.6. The maximum Gasteiger partial charge on any atom is 0.227 e. The third kappa shape index (κ3) is 3.38. The van der Waals surface area contributed by atoms with Gasteiger partial charge in [0.2, 0.25) is 5.91 Å². The van der Waals surface area contributed by atoms with Gasteiger partial charge in [0.05, 0.1) is 5.92 Å². The van der Waals surface area contributed by atoms with Crippen LogP contribution in [0, 0.1) is 0 Å². The van der Waals surface area contributed by atoms with Gasteiger partial charge in [-0.05, 0) is 24.8 Å². The fourth-order valence-electron chi connectivity index (χ4n) is 2.95. The third-order valence-electron chi connectivity index (χ3n) is 4.13. The highest BCUT2D eigenvalue weighted by molar-refractivity contribution is 9.09. The molecule has 0 saturated heterocycles. The average Bonchev–Trinajstić information content (AvgIpc) is 2.90. The Morgan fingerprint density at radius 1 is 1.32 bits per heavy atom. The summed E-state index contributed by atoms with van der Waals surface area (Å²) in [6.45, 7) is 2.08. The van der Waals surface area contributed by atoms with E-state index in [4.69, 9.17) is 0 Å². The molecular formula is C16H22BrNO. The third-order valence-corrected chi connectivity index (χ3v) is 5.20. The van der Waals surface area contributed by atoms with E-state index in [-0.39, 0.29) is 17.4 Å². The van der Waals surface area contributed by atoms with Gasteiger partial charge >= 0.3 is 0 Å². The molecule has 1 aliphatic carbocycles. The van der Waals surface area contributed by atoms with Crippen LogP contribution in [0.3, 0.4) is 0 Å². The van der Waals surface area contributed by atoms with Gasteiger partial charge in [-0.3, -0.25) is 4.79 Å². The van der Waals surface area contributed by atoms with Crippen LogP contribution in [0.1, 0.15) is 50.5 Å². The van der Waals surface area contributed by atoms with E-state index in [0.29, 0.717) is 0 Å². The SMILES string of the molecule is CCC(C(=O)NC1(CBr)CCCC1)c1ccccc1. The molecule has 1 fully saturated rings. The van der Waals surface area contributed by atoms with Crippen molar-refractivity contribution in [3.63, 3.8) is 0 Å². The van der Waals surface area contributed by atoms with Crippen LogP contribution in [-0.2, 0) is 4.79 Å². The van der Waals surface area contributed by atoms with Gasteiger partial charge in [-0.15, -0.1) is 0 Å². The zero-order valence-electron chi connectivity index (χ0n) is 11.5. The number of rotatable bonds is 5. The first-order valence-corrected chi connectivity index (χ1v) is 8.26. The highest BCUT2D eigenvalue weighted by Crippen LogP contribution is 2.32. The van der Waals surface area contributed by atoms with Gasteiger partial charge in [0, 0.05) is 10.9 Å². The number of carbonyl (C=O) groups excluding carboxylic acids is 1. The lowest BCUT2D eigenvalue weighted by atomic mass is 9.93. The molecule has 19 heavy (non-hydrogen) atoms. The Balaban J connectivity index is 2.09. The predicted octanol–water partition coefficient (Wildman–Crippen LogP) is 4.00. The number of carbonyl (C=O) groups is 1. The van der Waals surface area contributed by atoms with Crippen LogP contribution in [0.2, 0.25) is 0 Å². The molecule has 2 rings (SSSR count). The molecular weight excluding hydrogens is 302 g/mol. The number of hydrogen-bond donors (Lipinski definition) is 1. The van der Waals surface area contributed by atoms with Crippen molar-refractivity contribution in [2.75, 3.05) is 5.33 Å². The van der Waals surface area contributed by atoms with E-state index in [1.54, 1.807) is 0 Å². The van der Waals surface area contributed by atoms with Crippen molar-refractivity contribution in [1.29, 1.82) is 0 Å². The number of halogens is 1. The van der Waals surface area contributed by atoms with Crippen molar-refractivity contribution in [3.8, 4) is 0 Å². The summed E-state index contributed by atoms with van der Waals surface area (Å²) in [6.07, 6.45) is 5.46. The summed E-state index contributed by atoms with van der Waals surface area (Å²) in [5, 5.41) is 4.16. The summed E-state index contributed by atoms with van der Waals surface area (Å²) in [6, 6.07) is 10.1. The van der Waals surface area contributed by atoms with Crippen molar-refractivity contribution in [2.24, 2.45) is 0 Å². The minimum absolute atomic E-state index is 0.0146. The molecule has 1 saturated carbocycles. The highest BCUT2D eigenvalue weighted by atomic mass is 79.9. The minimum atomic E-state index is -0.0299. The van der Waals surface area contributed by atoms with Gasteiger partial charge in [-0.2, -0.15) is 0 Å². The minimum Gasteiger partial charge on any atom is -0.349 e. The number of nitrogens with one attached hydrogen (secondary N) is 1. The molecule has 0 aliphatic heterocycles.